The zero-order valence-corrected chi connectivity index (χ0v) is 16.6. The molecule has 146 valence electrons. The van der Waals surface area contributed by atoms with Gasteiger partial charge in [-0.1, -0.05) is 0 Å². The number of nitrogens with one attached hydrogen (secondary N) is 2. The molecule has 0 bridgehead atoms. The summed E-state index contributed by atoms with van der Waals surface area (Å²) in [6.07, 6.45) is 7.44. The summed E-state index contributed by atoms with van der Waals surface area (Å²) in [6, 6.07) is 5.03. The minimum absolute atomic E-state index is 0.0567. The average Bonchev–Trinajstić information content (AvgIpc) is 2.67. The Labute approximate surface area is 164 Å². The summed E-state index contributed by atoms with van der Waals surface area (Å²) in [6.45, 7) is 1.43. The Morgan fingerprint density at radius 1 is 1.37 bits per heavy atom. The van der Waals surface area contributed by atoms with Gasteiger partial charge < -0.3 is 15.4 Å². The van der Waals surface area contributed by atoms with Crippen molar-refractivity contribution in [1.82, 2.24) is 15.6 Å². The van der Waals surface area contributed by atoms with Gasteiger partial charge >= 0.3 is 0 Å². The van der Waals surface area contributed by atoms with Gasteiger partial charge in [0.2, 0.25) is 17.7 Å². The van der Waals surface area contributed by atoms with Gasteiger partial charge in [-0.05, 0) is 50.2 Å². The zero-order chi connectivity index (χ0) is 19.6. The number of amides is 2. The standard InChI is InChI=1S/C19H26N4O3S/c1-13(24)22-17(9-10-27-2)19(25)23-15-4-6-16(7-5-15)26-18-8-3-14(11-20)12-21-18/h3,8,12,15-17H,4-7,9-10H2,1-2H3,(H,22,24)(H,23,25). The van der Waals surface area contributed by atoms with Gasteiger partial charge in [-0.3, -0.25) is 9.59 Å². The summed E-state index contributed by atoms with van der Waals surface area (Å²) in [4.78, 5) is 27.9. The van der Waals surface area contributed by atoms with Gasteiger partial charge in [-0.25, -0.2) is 4.98 Å². The van der Waals surface area contributed by atoms with E-state index in [9.17, 15) is 9.59 Å². The van der Waals surface area contributed by atoms with Crippen molar-refractivity contribution in [2.45, 2.75) is 57.2 Å². The van der Waals surface area contributed by atoms with Crippen LogP contribution in [-0.4, -0.2) is 47.0 Å². The minimum atomic E-state index is -0.480. The third kappa shape index (κ3) is 7.10. The normalized spacial score (nSPS) is 20.2. The minimum Gasteiger partial charge on any atom is -0.474 e. The third-order valence-corrected chi connectivity index (χ3v) is 5.12. The molecule has 0 radical (unpaired) electrons. The van der Waals surface area contributed by atoms with Crippen LogP contribution < -0.4 is 15.4 Å². The lowest BCUT2D eigenvalue weighted by molar-refractivity contribution is -0.128. The molecule has 1 saturated carbocycles. The largest absolute Gasteiger partial charge is 0.474 e. The predicted molar refractivity (Wildman–Crippen MR) is 104 cm³/mol. The molecule has 1 heterocycles. The highest BCUT2D eigenvalue weighted by atomic mass is 32.2. The number of nitriles is 1. The summed E-state index contributed by atoms with van der Waals surface area (Å²) < 4.78 is 5.87. The number of thioether (sulfide) groups is 1. The van der Waals surface area contributed by atoms with Crippen molar-refractivity contribution in [2.75, 3.05) is 12.0 Å². The summed E-state index contributed by atoms with van der Waals surface area (Å²) in [5, 5.41) is 14.6. The van der Waals surface area contributed by atoms with E-state index in [1.54, 1.807) is 23.9 Å². The first-order chi connectivity index (χ1) is 13.0. The second kappa shape index (κ2) is 10.8. The van der Waals surface area contributed by atoms with Gasteiger partial charge in [0.15, 0.2) is 0 Å². The fourth-order valence-corrected chi connectivity index (χ4v) is 3.53. The quantitative estimate of drug-likeness (QED) is 0.704. The molecular weight excluding hydrogens is 364 g/mol. The molecule has 1 unspecified atom stereocenters. The van der Waals surface area contributed by atoms with E-state index in [1.807, 2.05) is 12.3 Å². The number of rotatable bonds is 8. The van der Waals surface area contributed by atoms with E-state index in [2.05, 4.69) is 15.6 Å². The zero-order valence-electron chi connectivity index (χ0n) is 15.7. The first-order valence-corrected chi connectivity index (χ1v) is 10.5. The SMILES string of the molecule is CSCCC(NC(C)=O)C(=O)NC1CCC(Oc2ccc(C#N)cn2)CC1. The molecule has 27 heavy (non-hydrogen) atoms. The average molecular weight is 391 g/mol. The lowest BCUT2D eigenvalue weighted by Gasteiger charge is -2.30. The molecule has 0 spiro atoms. The molecular formula is C19H26N4O3S. The second-order valence-electron chi connectivity index (χ2n) is 6.63. The highest BCUT2D eigenvalue weighted by Gasteiger charge is 2.26. The molecule has 0 aliphatic heterocycles. The number of pyridine rings is 1. The fourth-order valence-electron chi connectivity index (χ4n) is 3.06. The number of hydrogen-bond donors (Lipinski definition) is 2. The van der Waals surface area contributed by atoms with Crippen LogP contribution in [0.5, 0.6) is 5.88 Å². The van der Waals surface area contributed by atoms with Crippen molar-refractivity contribution in [2.24, 2.45) is 0 Å². The lowest BCUT2D eigenvalue weighted by Crippen LogP contribution is -2.50. The third-order valence-electron chi connectivity index (χ3n) is 4.48. The smallest absolute Gasteiger partial charge is 0.242 e. The van der Waals surface area contributed by atoms with E-state index in [0.29, 0.717) is 17.9 Å². The Hall–Kier alpha value is -2.27. The van der Waals surface area contributed by atoms with E-state index >= 15 is 0 Å². The van der Waals surface area contributed by atoms with Crippen LogP contribution in [0, 0.1) is 11.3 Å². The van der Waals surface area contributed by atoms with Crippen LogP contribution in [0.2, 0.25) is 0 Å². The summed E-state index contributed by atoms with van der Waals surface area (Å²) in [5.74, 6) is 1.03. The van der Waals surface area contributed by atoms with Crippen LogP contribution >= 0.6 is 11.8 Å². The van der Waals surface area contributed by atoms with Crippen LogP contribution in [0.1, 0.15) is 44.6 Å². The van der Waals surface area contributed by atoms with Crippen molar-refractivity contribution in [3.63, 3.8) is 0 Å². The molecule has 1 aromatic rings. The molecule has 7 nitrogen and oxygen atoms in total. The molecule has 1 aliphatic rings. The Morgan fingerprint density at radius 2 is 2.11 bits per heavy atom. The predicted octanol–water partition coefficient (Wildman–Crippen LogP) is 2.02. The molecule has 0 aromatic carbocycles. The molecule has 2 N–H and O–H groups in total. The lowest BCUT2D eigenvalue weighted by atomic mass is 9.92. The van der Waals surface area contributed by atoms with E-state index in [4.69, 9.17) is 10.00 Å². The number of ether oxygens (including phenoxy) is 1. The van der Waals surface area contributed by atoms with Gasteiger partial charge in [0, 0.05) is 25.2 Å². The Bertz CT molecular complexity index is 667. The number of carbonyl (C=O) groups excluding carboxylic acids is 2. The topological polar surface area (TPSA) is 104 Å². The Balaban J connectivity index is 1.79. The van der Waals surface area contributed by atoms with Crippen molar-refractivity contribution >= 4 is 23.6 Å². The molecule has 1 atom stereocenters. The summed E-state index contributed by atoms with van der Waals surface area (Å²) in [5.41, 5.74) is 0.504. The van der Waals surface area contributed by atoms with Crippen LogP contribution in [0.25, 0.3) is 0 Å². The monoisotopic (exact) mass is 390 g/mol. The van der Waals surface area contributed by atoms with E-state index in [-0.39, 0.29) is 24.0 Å². The molecule has 1 aromatic heterocycles. The van der Waals surface area contributed by atoms with Crippen molar-refractivity contribution in [3.8, 4) is 11.9 Å². The van der Waals surface area contributed by atoms with E-state index in [1.165, 1.54) is 13.1 Å². The van der Waals surface area contributed by atoms with Crippen LogP contribution in [0.4, 0.5) is 0 Å². The van der Waals surface area contributed by atoms with Crippen LogP contribution in [0.3, 0.4) is 0 Å². The van der Waals surface area contributed by atoms with Gasteiger partial charge in [0.25, 0.3) is 0 Å². The first-order valence-electron chi connectivity index (χ1n) is 9.11. The molecule has 1 aliphatic carbocycles. The second-order valence-corrected chi connectivity index (χ2v) is 7.62. The van der Waals surface area contributed by atoms with Gasteiger partial charge in [-0.15, -0.1) is 0 Å². The number of carbonyl (C=O) groups is 2. The van der Waals surface area contributed by atoms with Gasteiger partial charge in [0.05, 0.1) is 5.56 Å². The highest BCUT2D eigenvalue weighted by Crippen LogP contribution is 2.23. The maximum Gasteiger partial charge on any atom is 0.242 e. The number of aromatic nitrogens is 1. The Morgan fingerprint density at radius 3 is 2.67 bits per heavy atom. The van der Waals surface area contributed by atoms with Crippen molar-refractivity contribution < 1.29 is 14.3 Å². The first kappa shape index (κ1) is 21.0. The van der Waals surface area contributed by atoms with Crippen molar-refractivity contribution in [1.29, 1.82) is 5.26 Å². The summed E-state index contributed by atoms with van der Waals surface area (Å²) in [7, 11) is 0. The van der Waals surface area contributed by atoms with Crippen LogP contribution in [0.15, 0.2) is 18.3 Å². The Kier molecular flexibility index (Phi) is 8.40. The number of hydrogen-bond acceptors (Lipinski definition) is 6. The molecule has 2 rings (SSSR count). The fraction of sp³-hybridized carbons (Fsp3) is 0.579. The maximum atomic E-state index is 12.5. The summed E-state index contributed by atoms with van der Waals surface area (Å²) >= 11 is 1.65. The van der Waals surface area contributed by atoms with Crippen LogP contribution in [-0.2, 0) is 9.59 Å². The molecule has 0 saturated heterocycles. The molecule has 8 heteroatoms. The highest BCUT2D eigenvalue weighted by molar-refractivity contribution is 7.98. The molecule has 1 fully saturated rings. The number of nitrogens with zero attached hydrogens (tertiary/aromatic N) is 2. The van der Waals surface area contributed by atoms with Crippen molar-refractivity contribution in [3.05, 3.63) is 23.9 Å². The van der Waals surface area contributed by atoms with E-state index < -0.39 is 6.04 Å². The maximum absolute atomic E-state index is 12.5. The van der Waals surface area contributed by atoms with E-state index in [0.717, 1.165) is 31.4 Å². The van der Waals surface area contributed by atoms with Gasteiger partial charge in [0.1, 0.15) is 18.2 Å². The van der Waals surface area contributed by atoms with Gasteiger partial charge in [-0.2, -0.15) is 17.0 Å². The molecule has 2 amide bonds.